The molecule has 0 fully saturated rings. The molecule has 0 aliphatic rings. The molecule has 1 aromatic heterocycles. The number of rotatable bonds is 5. The van der Waals surface area contributed by atoms with Crippen molar-refractivity contribution in [3.8, 4) is 5.75 Å². The van der Waals surface area contributed by atoms with Crippen LogP contribution >= 0.6 is 12.2 Å². The monoisotopic (exact) mass is 356 g/mol. The topological polar surface area (TPSA) is 55.2 Å². The van der Waals surface area contributed by atoms with E-state index in [-0.39, 0.29) is 12.4 Å². The smallest absolute Gasteiger partial charge is 0.216 e. The zero-order valence-corrected chi connectivity index (χ0v) is 14.7. The number of H-pyrrole nitrogens is 1. The third-order valence-corrected chi connectivity index (χ3v) is 3.86. The van der Waals surface area contributed by atoms with E-state index in [0.717, 1.165) is 16.9 Å². The molecule has 7 heteroatoms. The molecule has 0 bridgehead atoms. The van der Waals surface area contributed by atoms with Crippen molar-refractivity contribution in [3.05, 3.63) is 75.6 Å². The Labute approximate surface area is 149 Å². The second-order valence-corrected chi connectivity index (χ2v) is 6.00. The van der Waals surface area contributed by atoms with Crippen LogP contribution in [0.2, 0.25) is 0 Å². The number of aromatic nitrogens is 3. The van der Waals surface area contributed by atoms with Crippen molar-refractivity contribution in [2.24, 2.45) is 5.10 Å². The first-order valence-electron chi connectivity index (χ1n) is 7.69. The van der Waals surface area contributed by atoms with Crippen LogP contribution in [-0.4, -0.2) is 21.1 Å². The molecule has 0 atom stereocenters. The maximum absolute atomic E-state index is 12.9. The maximum atomic E-state index is 12.9. The van der Waals surface area contributed by atoms with Crippen LogP contribution in [0.25, 0.3) is 0 Å². The Morgan fingerprint density at radius 3 is 2.72 bits per heavy atom. The third-order valence-electron chi connectivity index (χ3n) is 3.60. The second-order valence-electron chi connectivity index (χ2n) is 5.61. The lowest BCUT2D eigenvalue weighted by molar-refractivity contribution is 0.288. The van der Waals surface area contributed by atoms with E-state index in [1.807, 2.05) is 26.0 Å². The fourth-order valence-electron chi connectivity index (χ4n) is 2.31. The summed E-state index contributed by atoms with van der Waals surface area (Å²) in [5.74, 6) is 1.04. The summed E-state index contributed by atoms with van der Waals surface area (Å²) in [6, 6.07) is 12.0. The zero-order valence-electron chi connectivity index (χ0n) is 13.9. The molecular weight excluding hydrogens is 339 g/mol. The summed E-state index contributed by atoms with van der Waals surface area (Å²) in [5.41, 5.74) is 2.98. The van der Waals surface area contributed by atoms with Crippen LogP contribution in [0.3, 0.4) is 0 Å². The van der Waals surface area contributed by atoms with E-state index in [0.29, 0.717) is 10.6 Å². The lowest BCUT2D eigenvalue weighted by Gasteiger charge is -2.09. The number of ether oxygens (including phenoxy) is 1. The van der Waals surface area contributed by atoms with E-state index in [1.54, 1.807) is 18.3 Å². The van der Waals surface area contributed by atoms with Gasteiger partial charge in [0.05, 0.1) is 6.21 Å². The Hall–Kier alpha value is -2.80. The molecule has 3 aromatic rings. The van der Waals surface area contributed by atoms with Crippen molar-refractivity contribution >= 4 is 18.4 Å². The van der Waals surface area contributed by atoms with Gasteiger partial charge in [-0.25, -0.2) is 9.49 Å². The molecule has 0 aliphatic heterocycles. The Bertz CT molecular complexity index is 960. The molecule has 3 rings (SSSR count). The molecule has 0 saturated carbocycles. The van der Waals surface area contributed by atoms with Gasteiger partial charge >= 0.3 is 0 Å². The first-order valence-corrected chi connectivity index (χ1v) is 8.10. The van der Waals surface area contributed by atoms with E-state index in [9.17, 15) is 4.39 Å². The highest BCUT2D eigenvalue weighted by molar-refractivity contribution is 7.71. The van der Waals surface area contributed by atoms with Crippen molar-refractivity contribution in [2.75, 3.05) is 0 Å². The number of nitrogens with one attached hydrogen (secondary N) is 1. The van der Waals surface area contributed by atoms with E-state index >= 15 is 0 Å². The summed E-state index contributed by atoms with van der Waals surface area (Å²) in [4.78, 5) is 0. The number of hydrogen-bond donors (Lipinski definition) is 1. The van der Waals surface area contributed by atoms with E-state index in [2.05, 4.69) is 21.4 Å². The fourth-order valence-corrected chi connectivity index (χ4v) is 2.51. The van der Waals surface area contributed by atoms with Gasteiger partial charge in [0.15, 0.2) is 5.82 Å². The van der Waals surface area contributed by atoms with Gasteiger partial charge in [-0.1, -0.05) is 29.8 Å². The number of benzene rings is 2. The summed E-state index contributed by atoms with van der Waals surface area (Å²) >= 11 is 5.20. The van der Waals surface area contributed by atoms with Gasteiger partial charge in [-0.05, 0) is 55.4 Å². The van der Waals surface area contributed by atoms with Gasteiger partial charge in [0.25, 0.3) is 0 Å². The predicted octanol–water partition coefficient (Wildman–Crippen LogP) is 4.16. The van der Waals surface area contributed by atoms with Crippen molar-refractivity contribution in [1.29, 1.82) is 0 Å². The van der Waals surface area contributed by atoms with Crippen molar-refractivity contribution in [2.45, 2.75) is 20.5 Å². The number of halogens is 1. The van der Waals surface area contributed by atoms with E-state index < -0.39 is 0 Å². The number of aryl methyl sites for hydroxylation is 2. The highest BCUT2D eigenvalue weighted by Crippen LogP contribution is 2.19. The molecule has 0 spiro atoms. The maximum Gasteiger partial charge on any atom is 0.216 e. The van der Waals surface area contributed by atoms with Crippen molar-refractivity contribution in [1.82, 2.24) is 14.9 Å². The minimum Gasteiger partial charge on any atom is -0.485 e. The van der Waals surface area contributed by atoms with E-state index in [4.69, 9.17) is 17.0 Å². The van der Waals surface area contributed by atoms with Gasteiger partial charge in [-0.2, -0.15) is 14.9 Å². The molecule has 128 valence electrons. The van der Waals surface area contributed by atoms with Gasteiger partial charge in [0.2, 0.25) is 4.77 Å². The summed E-state index contributed by atoms with van der Waals surface area (Å²) in [5, 5.41) is 11.2. The average molecular weight is 356 g/mol. The van der Waals surface area contributed by atoms with Gasteiger partial charge in [-0.3, -0.25) is 0 Å². The summed E-state index contributed by atoms with van der Waals surface area (Å²) in [6.45, 7) is 4.25. The molecule has 1 N–H and O–H groups in total. The molecule has 0 aliphatic carbocycles. The standard InChI is InChI=1S/C18H17FN4OS/c1-12-3-8-16(13(2)9-12)24-11-17-21-22-18(25)23(17)20-10-14-4-6-15(19)7-5-14/h3-10H,11H2,1-2H3,(H,22,25)/b20-10-. The summed E-state index contributed by atoms with van der Waals surface area (Å²) in [7, 11) is 0. The van der Waals surface area contributed by atoms with Gasteiger partial charge in [0.1, 0.15) is 18.2 Å². The van der Waals surface area contributed by atoms with Crippen molar-refractivity contribution in [3.63, 3.8) is 0 Å². The van der Waals surface area contributed by atoms with Crippen LogP contribution in [-0.2, 0) is 6.61 Å². The molecule has 25 heavy (non-hydrogen) atoms. The largest absolute Gasteiger partial charge is 0.485 e. The fraction of sp³-hybridized carbons (Fsp3) is 0.167. The molecule has 0 saturated heterocycles. The Kier molecular flexibility index (Phi) is 5.04. The third kappa shape index (κ3) is 4.19. The van der Waals surface area contributed by atoms with Gasteiger partial charge in [-0.15, -0.1) is 0 Å². The molecular formula is C18H17FN4OS. The number of aromatic amines is 1. The van der Waals surface area contributed by atoms with Gasteiger partial charge in [0, 0.05) is 0 Å². The Morgan fingerprint density at radius 1 is 1.24 bits per heavy atom. The number of nitrogens with zero attached hydrogens (tertiary/aromatic N) is 3. The molecule has 1 heterocycles. The molecule has 2 aromatic carbocycles. The number of hydrogen-bond acceptors (Lipinski definition) is 4. The SMILES string of the molecule is Cc1ccc(OCc2n[nH]c(=S)n2/N=C\c2ccc(F)cc2)c(C)c1. The Morgan fingerprint density at radius 2 is 2.00 bits per heavy atom. The minimum absolute atomic E-state index is 0.220. The normalized spacial score (nSPS) is 11.2. The predicted molar refractivity (Wildman–Crippen MR) is 97.1 cm³/mol. The van der Waals surface area contributed by atoms with Crippen LogP contribution < -0.4 is 4.74 Å². The zero-order chi connectivity index (χ0) is 17.8. The molecule has 0 amide bonds. The van der Waals surface area contributed by atoms with Crippen LogP contribution in [0.4, 0.5) is 4.39 Å². The van der Waals surface area contributed by atoms with Crippen LogP contribution in [0, 0.1) is 24.4 Å². The minimum atomic E-state index is -0.292. The Balaban J connectivity index is 1.77. The van der Waals surface area contributed by atoms with Crippen LogP contribution in [0.5, 0.6) is 5.75 Å². The second kappa shape index (κ2) is 7.40. The lowest BCUT2D eigenvalue weighted by atomic mass is 10.1. The average Bonchev–Trinajstić information content (AvgIpc) is 2.94. The lowest BCUT2D eigenvalue weighted by Crippen LogP contribution is -2.05. The first kappa shape index (κ1) is 17.0. The van der Waals surface area contributed by atoms with Crippen LogP contribution in [0.1, 0.15) is 22.5 Å². The highest BCUT2D eigenvalue weighted by Gasteiger charge is 2.07. The van der Waals surface area contributed by atoms with Gasteiger partial charge < -0.3 is 4.74 Å². The summed E-state index contributed by atoms with van der Waals surface area (Å²) in [6.07, 6.45) is 1.59. The van der Waals surface area contributed by atoms with E-state index in [1.165, 1.54) is 22.4 Å². The van der Waals surface area contributed by atoms with Crippen LogP contribution in [0.15, 0.2) is 47.6 Å². The molecule has 5 nitrogen and oxygen atoms in total. The van der Waals surface area contributed by atoms with Crippen molar-refractivity contribution < 1.29 is 9.13 Å². The highest BCUT2D eigenvalue weighted by atomic mass is 32.1. The molecule has 0 unspecified atom stereocenters. The quantitative estimate of drug-likeness (QED) is 0.552. The first-order chi connectivity index (χ1) is 12.0. The molecule has 0 radical (unpaired) electrons. The summed E-state index contributed by atoms with van der Waals surface area (Å²) < 4.78 is 20.6.